The zero-order valence-corrected chi connectivity index (χ0v) is 38.5. The Labute approximate surface area is 392 Å². The van der Waals surface area contributed by atoms with Gasteiger partial charge in [0.05, 0.1) is 24.8 Å². The minimum absolute atomic E-state index is 0.0523. The normalized spacial score (nSPS) is 24.1. The average molecular weight is 915 g/mol. The molecule has 2 N–H and O–H groups in total. The Hall–Kier alpha value is -5.27. The molecule has 0 saturated heterocycles. The first kappa shape index (κ1) is 45.9. The zero-order chi connectivity index (χ0) is 45.3. The number of unbranched alkanes of at least 4 members (excludes halogenated alkanes) is 2. The van der Waals surface area contributed by atoms with Gasteiger partial charge in [0.2, 0.25) is 18.5 Å². The summed E-state index contributed by atoms with van der Waals surface area (Å²) in [5.74, 6) is 1.76. The van der Waals surface area contributed by atoms with Crippen molar-refractivity contribution in [1.29, 1.82) is 0 Å². The summed E-state index contributed by atoms with van der Waals surface area (Å²) in [6.45, 7) is 5.76. The van der Waals surface area contributed by atoms with E-state index in [2.05, 4.69) is 30.9 Å². The van der Waals surface area contributed by atoms with Gasteiger partial charge in [-0.15, -0.1) is 18.3 Å². The van der Waals surface area contributed by atoms with Crippen molar-refractivity contribution in [2.45, 2.75) is 93.6 Å². The van der Waals surface area contributed by atoms with E-state index >= 15 is 4.79 Å². The first-order valence-electron chi connectivity index (χ1n) is 23.7. The highest BCUT2D eigenvalue weighted by molar-refractivity contribution is 7.99. The van der Waals surface area contributed by atoms with Crippen molar-refractivity contribution in [2.75, 3.05) is 39.0 Å². The molecule has 5 aliphatic rings. The average Bonchev–Trinajstić information content (AvgIpc) is 4.10. The molecule has 348 valence electrons. The van der Waals surface area contributed by atoms with Gasteiger partial charge < -0.3 is 43.6 Å². The van der Waals surface area contributed by atoms with Gasteiger partial charge in [-0.1, -0.05) is 84.7 Å². The van der Waals surface area contributed by atoms with Crippen molar-refractivity contribution in [1.82, 2.24) is 4.90 Å². The summed E-state index contributed by atoms with van der Waals surface area (Å²) in [7, 11) is 0. The fraction of sp³-hybridized carbons (Fsp3) is 0.444. The number of carbonyl (C=O) groups is 1. The summed E-state index contributed by atoms with van der Waals surface area (Å²) < 4.78 is 32.8. The zero-order valence-electron chi connectivity index (χ0n) is 37.6. The van der Waals surface area contributed by atoms with Gasteiger partial charge in [0.25, 0.3) is 0 Å². The molecular formula is C54H62N2O9S. The van der Waals surface area contributed by atoms with E-state index in [-0.39, 0.29) is 69.3 Å². The first-order chi connectivity index (χ1) is 32.5. The Morgan fingerprint density at radius 1 is 0.879 bits per heavy atom. The first-order valence-corrected chi connectivity index (χ1v) is 24.7. The lowest BCUT2D eigenvalue weighted by molar-refractivity contribution is -0.258. The van der Waals surface area contributed by atoms with Crippen molar-refractivity contribution in [3.05, 3.63) is 138 Å². The van der Waals surface area contributed by atoms with Gasteiger partial charge in [0.1, 0.15) is 24.1 Å². The third-order valence-corrected chi connectivity index (χ3v) is 14.6. The minimum atomic E-state index is -1.36. The van der Waals surface area contributed by atoms with Crippen LogP contribution in [0.5, 0.6) is 23.0 Å². The van der Waals surface area contributed by atoms with Crippen LogP contribution in [0.15, 0.2) is 131 Å². The number of amides is 1. The molecule has 1 amide bonds. The molecule has 4 aromatic rings. The topological polar surface area (TPSA) is 129 Å². The lowest BCUT2D eigenvalue weighted by Gasteiger charge is -2.60. The number of hydrogen-bond acceptors (Lipinski definition) is 11. The molecule has 0 spiro atoms. The van der Waals surface area contributed by atoms with E-state index in [1.165, 1.54) is 4.90 Å². The maximum Gasteiger partial charge on any atom is 0.239 e. The molecule has 12 heteroatoms. The van der Waals surface area contributed by atoms with Gasteiger partial charge in [-0.05, 0) is 110 Å². The highest BCUT2D eigenvalue weighted by atomic mass is 32.2. The molecule has 2 aliphatic heterocycles. The summed E-state index contributed by atoms with van der Waals surface area (Å²) in [6.07, 6.45) is 10.9. The van der Waals surface area contributed by atoms with Gasteiger partial charge in [0.15, 0.2) is 11.5 Å². The van der Waals surface area contributed by atoms with Gasteiger partial charge >= 0.3 is 0 Å². The number of fused-ring (bicyclic) bond motifs is 3. The Morgan fingerprint density at radius 3 is 2.41 bits per heavy atom. The molecule has 66 heavy (non-hydrogen) atoms. The van der Waals surface area contributed by atoms with Gasteiger partial charge in [-0.3, -0.25) is 4.79 Å². The second-order valence-corrected chi connectivity index (χ2v) is 19.1. The highest BCUT2D eigenvalue weighted by Gasteiger charge is 2.66. The van der Waals surface area contributed by atoms with Crippen LogP contribution < -0.4 is 18.9 Å². The second-order valence-electron chi connectivity index (χ2n) is 18.0. The van der Waals surface area contributed by atoms with Crippen molar-refractivity contribution < 1.29 is 43.5 Å². The molecule has 0 aromatic heterocycles. The van der Waals surface area contributed by atoms with Crippen molar-refractivity contribution in [3.8, 4) is 23.0 Å². The number of allylic oxidation sites excluding steroid dienone is 1. The molecule has 0 bridgehead atoms. The number of hydrogen-bond donors (Lipinski definition) is 2. The monoisotopic (exact) mass is 914 g/mol. The third kappa shape index (κ3) is 10.2. The molecule has 11 nitrogen and oxygen atoms in total. The van der Waals surface area contributed by atoms with Crippen LogP contribution in [0.25, 0.3) is 0 Å². The van der Waals surface area contributed by atoms with Crippen LogP contribution in [-0.2, 0) is 27.5 Å². The van der Waals surface area contributed by atoms with Crippen LogP contribution in [0.3, 0.4) is 0 Å². The van der Waals surface area contributed by atoms with Crippen LogP contribution in [0.4, 0.5) is 0 Å². The number of nitrogens with zero attached hydrogens (tertiary/aromatic N) is 2. The van der Waals surface area contributed by atoms with Crippen molar-refractivity contribution >= 4 is 23.4 Å². The molecule has 4 aromatic carbocycles. The standard InChI is InChI=1S/C54H62N2O9S/c1-2-27-63-54-50(56(53(59)39-20-21-39)34-38-19-23-48-49(30-38)62-36-61-48)33-46(55-64-35-37-13-5-3-6-14-37)44-31-40(15-9-11-25-57)43(18-10-12-26-58)51(52(44)54)45-32-41(22-24-47(45)65-54)60-28-29-66-42-16-7-4-8-17-42/h2-8,13-14,16-17,19,22-24,30-32,39-40,43,50-52,57-58H,1,9-12,15,18,20-21,25-29,33-36H2/t40-,43+,50-,51+,52+,54+/m0/s1. The number of carbonyl (C=O) groups excluding carboxylic acids is 1. The maximum atomic E-state index is 15.0. The molecule has 3 aliphatic carbocycles. The van der Waals surface area contributed by atoms with Crippen LogP contribution in [0.1, 0.15) is 80.4 Å². The van der Waals surface area contributed by atoms with E-state index in [1.807, 2.05) is 83.8 Å². The van der Waals surface area contributed by atoms with Gasteiger partial charge in [-0.25, -0.2) is 0 Å². The SMILES string of the molecule is C=CCO[C@@]12Oc3ccc(OCCSc4ccccc4)cc3[C@H]3[C@H](CCCCO)[C@@H](CCCCO)C=C(C(=NOCc4ccccc4)C[C@@H]1N(Cc1ccc4c(c1)OCO4)C(=O)C1CC1)[C@H]32. The Balaban J connectivity index is 1.18. The molecule has 2 saturated carbocycles. The number of oxime groups is 1. The minimum Gasteiger partial charge on any atom is -0.493 e. The van der Waals surface area contributed by atoms with E-state index in [9.17, 15) is 10.2 Å². The van der Waals surface area contributed by atoms with E-state index < -0.39 is 17.7 Å². The second kappa shape index (κ2) is 21.6. The molecule has 0 unspecified atom stereocenters. The van der Waals surface area contributed by atoms with Crippen LogP contribution in [-0.4, -0.2) is 77.5 Å². The fourth-order valence-corrected chi connectivity index (χ4v) is 11.2. The highest BCUT2D eigenvalue weighted by Crippen LogP contribution is 2.62. The van der Waals surface area contributed by atoms with Crippen molar-refractivity contribution in [2.24, 2.45) is 28.8 Å². The van der Waals surface area contributed by atoms with Crippen LogP contribution in [0.2, 0.25) is 0 Å². The summed E-state index contributed by atoms with van der Waals surface area (Å²) in [5, 5.41) is 25.1. The van der Waals surface area contributed by atoms with Crippen LogP contribution in [0, 0.1) is 23.7 Å². The van der Waals surface area contributed by atoms with Gasteiger partial charge in [0, 0.05) is 54.2 Å². The predicted molar refractivity (Wildman–Crippen MR) is 255 cm³/mol. The Bertz CT molecular complexity index is 2340. The van der Waals surface area contributed by atoms with Gasteiger partial charge in [-0.2, -0.15) is 0 Å². The predicted octanol–water partition coefficient (Wildman–Crippen LogP) is 9.86. The van der Waals surface area contributed by atoms with E-state index in [0.717, 1.165) is 78.0 Å². The Morgan fingerprint density at radius 2 is 1.64 bits per heavy atom. The van der Waals surface area contributed by atoms with Crippen LogP contribution >= 0.6 is 11.8 Å². The fourth-order valence-electron chi connectivity index (χ4n) is 10.5. The number of thioether (sulfide) groups is 1. The molecule has 9 rings (SSSR count). The molecule has 6 atom stereocenters. The summed E-state index contributed by atoms with van der Waals surface area (Å²) in [6, 6.07) is 31.7. The molecular weight excluding hydrogens is 853 g/mol. The Kier molecular flexibility index (Phi) is 15.0. The summed E-state index contributed by atoms with van der Waals surface area (Å²) in [5.41, 5.74) is 4.69. The van der Waals surface area contributed by atoms with E-state index in [1.54, 1.807) is 17.8 Å². The number of rotatable bonds is 23. The smallest absolute Gasteiger partial charge is 0.239 e. The summed E-state index contributed by atoms with van der Waals surface area (Å²) >= 11 is 1.76. The number of aliphatic hydroxyl groups excluding tert-OH is 2. The summed E-state index contributed by atoms with van der Waals surface area (Å²) in [4.78, 5) is 24.5. The number of ether oxygens (including phenoxy) is 5. The van der Waals surface area contributed by atoms with E-state index in [4.69, 9.17) is 33.7 Å². The molecule has 2 fully saturated rings. The number of benzene rings is 4. The lowest BCUT2D eigenvalue weighted by Crippen LogP contribution is -2.70. The third-order valence-electron chi connectivity index (χ3n) is 13.6. The van der Waals surface area contributed by atoms with E-state index in [0.29, 0.717) is 43.1 Å². The van der Waals surface area contributed by atoms with Crippen molar-refractivity contribution in [3.63, 3.8) is 0 Å². The quantitative estimate of drug-likeness (QED) is 0.0321. The molecule has 0 radical (unpaired) electrons. The largest absolute Gasteiger partial charge is 0.493 e. The lowest BCUT2D eigenvalue weighted by atomic mass is 9.55. The number of aliphatic hydroxyl groups is 2. The molecule has 2 heterocycles. The maximum absolute atomic E-state index is 15.0.